The Morgan fingerprint density at radius 1 is 0.431 bits per heavy atom. The first-order valence-electron chi connectivity index (χ1n) is 28.7. The lowest BCUT2D eigenvalue weighted by atomic mass is 10.0. The van der Waals surface area contributed by atoms with Crippen molar-refractivity contribution in [2.45, 2.75) is 315 Å². The van der Waals surface area contributed by atoms with E-state index >= 15 is 0 Å². The molecule has 0 spiro atoms. The number of unbranched alkanes of at least 4 members (excludes halogenated alkanes) is 36. The van der Waals surface area contributed by atoms with E-state index in [1.807, 2.05) is 6.08 Å². The van der Waals surface area contributed by atoms with Gasteiger partial charge in [0, 0.05) is 12.8 Å². The van der Waals surface area contributed by atoms with Crippen LogP contribution in [0.25, 0.3) is 0 Å². The van der Waals surface area contributed by atoms with Gasteiger partial charge in [-0.15, -0.1) is 0 Å². The predicted molar refractivity (Wildman–Crippen MR) is 283 cm³/mol. The summed E-state index contributed by atoms with van der Waals surface area (Å²) < 4.78 is 5.45. The second-order valence-corrected chi connectivity index (χ2v) is 19.6. The molecule has 0 aliphatic carbocycles. The maximum Gasteiger partial charge on any atom is 0.305 e. The van der Waals surface area contributed by atoms with Gasteiger partial charge in [-0.1, -0.05) is 256 Å². The van der Waals surface area contributed by atoms with Gasteiger partial charge in [-0.2, -0.15) is 0 Å². The number of esters is 1. The number of hydrogen-bond acceptors (Lipinski definition) is 5. The number of aliphatic hydroxyl groups is 2. The molecule has 65 heavy (non-hydrogen) atoms. The molecule has 2 atom stereocenters. The molecule has 0 aromatic carbocycles. The highest BCUT2D eigenvalue weighted by molar-refractivity contribution is 5.76. The summed E-state index contributed by atoms with van der Waals surface area (Å²) in [6, 6.07) is -0.587. The Bertz CT molecular complexity index is 1060. The third-order valence-corrected chi connectivity index (χ3v) is 13.2. The third-order valence-electron chi connectivity index (χ3n) is 13.2. The molecular formula is C59H111NO5. The number of allylic oxidation sites excluding steroid dienone is 6. The molecule has 0 aliphatic heterocycles. The van der Waals surface area contributed by atoms with Crippen LogP contribution >= 0.6 is 0 Å². The quantitative estimate of drug-likeness (QED) is 0.0321. The van der Waals surface area contributed by atoms with Crippen molar-refractivity contribution >= 4 is 11.9 Å². The number of nitrogens with one attached hydrogen (secondary N) is 1. The maximum absolute atomic E-state index is 12.5. The molecule has 6 heteroatoms. The van der Waals surface area contributed by atoms with Crippen LogP contribution in [-0.4, -0.2) is 47.4 Å². The molecule has 3 N–H and O–H groups in total. The highest BCUT2D eigenvalue weighted by Crippen LogP contribution is 2.17. The Hall–Kier alpha value is -1.92. The van der Waals surface area contributed by atoms with Crippen molar-refractivity contribution in [3.8, 4) is 0 Å². The summed E-state index contributed by atoms with van der Waals surface area (Å²) >= 11 is 0. The van der Waals surface area contributed by atoms with Gasteiger partial charge in [-0.3, -0.25) is 9.59 Å². The largest absolute Gasteiger partial charge is 0.466 e. The van der Waals surface area contributed by atoms with Crippen molar-refractivity contribution in [1.29, 1.82) is 0 Å². The molecule has 0 bridgehead atoms. The number of amides is 1. The predicted octanol–water partition coefficient (Wildman–Crippen LogP) is 17.6. The normalized spacial score (nSPS) is 12.9. The SMILES string of the molecule is CCCCCCCC/C=C\CCCCCCCC(=O)OCCCCCCCC/C=C\C/C=C\CCC(=O)NC(CO)C(O)CCCCCCCCCCCCCCCCCCCCCC. The lowest BCUT2D eigenvalue weighted by Crippen LogP contribution is -2.45. The molecule has 0 aromatic heterocycles. The summed E-state index contributed by atoms with van der Waals surface area (Å²) in [5, 5.41) is 23.2. The fourth-order valence-corrected chi connectivity index (χ4v) is 8.74. The van der Waals surface area contributed by atoms with Gasteiger partial charge in [0.05, 0.1) is 25.4 Å². The van der Waals surface area contributed by atoms with E-state index in [2.05, 4.69) is 49.5 Å². The van der Waals surface area contributed by atoms with Gasteiger partial charge < -0.3 is 20.3 Å². The van der Waals surface area contributed by atoms with Gasteiger partial charge in [0.2, 0.25) is 5.91 Å². The van der Waals surface area contributed by atoms with Crippen molar-refractivity contribution in [2.24, 2.45) is 0 Å². The summed E-state index contributed by atoms with van der Waals surface area (Å²) in [5.74, 6) is -0.139. The standard InChI is InChI=1S/C59H111NO5/c1-3-5-7-9-11-13-15-17-19-20-21-22-23-25-27-31-35-39-43-47-51-57(62)56(55-61)60-58(63)52-48-44-40-36-32-28-26-30-34-38-42-46-50-54-65-59(64)53-49-45-41-37-33-29-24-18-16-14-12-10-8-6-4-2/h18,24,28,32,40,44,56-57,61-62H,3-17,19-23,25-27,29-31,33-39,41-43,45-55H2,1-2H3,(H,60,63)/b24-18-,32-28-,44-40-. The molecule has 6 nitrogen and oxygen atoms in total. The Labute approximate surface area is 404 Å². The smallest absolute Gasteiger partial charge is 0.305 e. The minimum Gasteiger partial charge on any atom is -0.466 e. The number of carbonyl (C=O) groups is 2. The van der Waals surface area contributed by atoms with Crippen LogP contribution in [0.15, 0.2) is 36.5 Å². The molecule has 1 amide bonds. The van der Waals surface area contributed by atoms with Crippen LogP contribution in [-0.2, 0) is 14.3 Å². The van der Waals surface area contributed by atoms with Crippen molar-refractivity contribution in [1.82, 2.24) is 5.32 Å². The number of carbonyl (C=O) groups excluding carboxylic acids is 2. The van der Waals surface area contributed by atoms with Crippen molar-refractivity contribution < 1.29 is 24.5 Å². The van der Waals surface area contributed by atoms with Crippen LogP contribution in [0.3, 0.4) is 0 Å². The molecule has 0 heterocycles. The Morgan fingerprint density at radius 3 is 1.22 bits per heavy atom. The Balaban J connectivity index is 3.54. The lowest BCUT2D eigenvalue weighted by molar-refractivity contribution is -0.143. The molecule has 0 saturated carbocycles. The number of aliphatic hydroxyl groups excluding tert-OH is 2. The Morgan fingerprint density at radius 2 is 0.785 bits per heavy atom. The van der Waals surface area contributed by atoms with Crippen LogP contribution in [0.4, 0.5) is 0 Å². The van der Waals surface area contributed by atoms with Crippen LogP contribution in [0.5, 0.6) is 0 Å². The van der Waals surface area contributed by atoms with Crippen LogP contribution in [0, 0.1) is 0 Å². The van der Waals surface area contributed by atoms with Gasteiger partial charge >= 0.3 is 5.97 Å². The first-order valence-corrected chi connectivity index (χ1v) is 28.7. The zero-order valence-electron chi connectivity index (χ0n) is 43.5. The Kier molecular flexibility index (Phi) is 53.1. The van der Waals surface area contributed by atoms with E-state index in [-0.39, 0.29) is 18.5 Å². The topological polar surface area (TPSA) is 95.9 Å². The third kappa shape index (κ3) is 51.3. The monoisotopic (exact) mass is 914 g/mol. The minimum atomic E-state index is -0.700. The summed E-state index contributed by atoms with van der Waals surface area (Å²) in [5.41, 5.74) is 0. The van der Waals surface area contributed by atoms with Crippen molar-refractivity contribution in [2.75, 3.05) is 13.2 Å². The van der Waals surface area contributed by atoms with Gasteiger partial charge in [-0.25, -0.2) is 0 Å². The number of hydrogen-bond donors (Lipinski definition) is 3. The second kappa shape index (κ2) is 54.7. The average Bonchev–Trinajstić information content (AvgIpc) is 3.31. The molecular weight excluding hydrogens is 803 g/mol. The van der Waals surface area contributed by atoms with E-state index in [1.165, 1.54) is 212 Å². The lowest BCUT2D eigenvalue weighted by Gasteiger charge is -2.22. The summed E-state index contributed by atoms with van der Waals surface area (Å²) in [7, 11) is 0. The molecule has 0 aromatic rings. The molecule has 382 valence electrons. The fourth-order valence-electron chi connectivity index (χ4n) is 8.74. The zero-order chi connectivity index (χ0) is 47.2. The van der Waals surface area contributed by atoms with E-state index < -0.39 is 12.1 Å². The number of ether oxygens (including phenoxy) is 1. The van der Waals surface area contributed by atoms with Crippen molar-refractivity contribution in [3.63, 3.8) is 0 Å². The van der Waals surface area contributed by atoms with Crippen LogP contribution in [0.1, 0.15) is 303 Å². The summed E-state index contributed by atoms with van der Waals surface area (Å²) in [4.78, 5) is 24.5. The number of rotatable bonds is 53. The molecule has 0 fully saturated rings. The fraction of sp³-hybridized carbons (Fsp3) is 0.864. The van der Waals surface area contributed by atoms with E-state index in [9.17, 15) is 19.8 Å². The summed E-state index contributed by atoms with van der Waals surface area (Å²) in [6.45, 7) is 4.89. The average molecular weight is 915 g/mol. The van der Waals surface area contributed by atoms with E-state index in [0.29, 0.717) is 32.3 Å². The van der Waals surface area contributed by atoms with Crippen LogP contribution in [0.2, 0.25) is 0 Å². The molecule has 0 saturated heterocycles. The highest BCUT2D eigenvalue weighted by Gasteiger charge is 2.19. The second-order valence-electron chi connectivity index (χ2n) is 19.6. The van der Waals surface area contributed by atoms with E-state index in [1.54, 1.807) is 0 Å². The zero-order valence-corrected chi connectivity index (χ0v) is 43.5. The first-order chi connectivity index (χ1) is 32.0. The van der Waals surface area contributed by atoms with Crippen LogP contribution < -0.4 is 5.32 Å². The van der Waals surface area contributed by atoms with Gasteiger partial charge in [0.25, 0.3) is 0 Å². The minimum absolute atomic E-state index is 0.0247. The molecule has 0 rings (SSSR count). The maximum atomic E-state index is 12.5. The van der Waals surface area contributed by atoms with Crippen molar-refractivity contribution in [3.05, 3.63) is 36.5 Å². The first kappa shape index (κ1) is 63.1. The van der Waals surface area contributed by atoms with Gasteiger partial charge in [0.15, 0.2) is 0 Å². The van der Waals surface area contributed by atoms with Gasteiger partial charge in [-0.05, 0) is 70.6 Å². The molecule has 2 unspecified atom stereocenters. The van der Waals surface area contributed by atoms with E-state index in [4.69, 9.17) is 4.74 Å². The van der Waals surface area contributed by atoms with Gasteiger partial charge in [0.1, 0.15) is 0 Å². The molecule has 0 aliphatic rings. The van der Waals surface area contributed by atoms with E-state index in [0.717, 1.165) is 51.4 Å². The summed E-state index contributed by atoms with van der Waals surface area (Å²) in [6.07, 6.45) is 67.1. The molecule has 0 radical (unpaired) electrons. The highest BCUT2D eigenvalue weighted by atomic mass is 16.5.